The Labute approximate surface area is 216 Å². The van der Waals surface area contributed by atoms with Crippen LogP contribution in [0.25, 0.3) is 11.2 Å². The number of nitrogen functional groups attached to an aromatic ring is 1. The van der Waals surface area contributed by atoms with E-state index in [1.54, 1.807) is 24.3 Å². The smallest absolute Gasteiger partial charge is 0.280 e. The van der Waals surface area contributed by atoms with Crippen molar-refractivity contribution in [3.63, 3.8) is 0 Å². The summed E-state index contributed by atoms with van der Waals surface area (Å²) in [6.45, 7) is 5.97. The first-order valence-electron chi connectivity index (χ1n) is 11.8. The molecule has 4 aromatic rings. The topological polar surface area (TPSA) is 222 Å². The van der Waals surface area contributed by atoms with Gasteiger partial charge < -0.3 is 21.7 Å². The van der Waals surface area contributed by atoms with Crippen LogP contribution in [0.1, 0.15) is 61.5 Å². The summed E-state index contributed by atoms with van der Waals surface area (Å²) in [6.07, 6.45) is 1.97. The van der Waals surface area contributed by atoms with E-state index < -0.39 is 11.6 Å². The largest absolute Gasteiger partial charge is 0.379 e. The van der Waals surface area contributed by atoms with Gasteiger partial charge in [-0.05, 0) is 51.5 Å². The lowest BCUT2D eigenvalue weighted by Gasteiger charge is -2.21. The Morgan fingerprint density at radius 3 is 2.58 bits per heavy atom. The summed E-state index contributed by atoms with van der Waals surface area (Å²) in [5.74, 6) is -0.236. The van der Waals surface area contributed by atoms with E-state index in [2.05, 4.69) is 56.5 Å². The van der Waals surface area contributed by atoms with Gasteiger partial charge in [0.2, 0.25) is 11.9 Å². The van der Waals surface area contributed by atoms with Crippen molar-refractivity contribution in [2.45, 2.75) is 51.7 Å². The molecule has 3 heterocycles. The fourth-order valence-corrected chi connectivity index (χ4v) is 3.57. The van der Waals surface area contributed by atoms with Crippen molar-refractivity contribution in [3.05, 3.63) is 57.9 Å². The molecule has 7 N–H and O–H groups in total. The Morgan fingerprint density at radius 2 is 1.89 bits per heavy atom. The average Bonchev–Trinajstić information content (AvgIpc) is 3.39. The summed E-state index contributed by atoms with van der Waals surface area (Å²) in [5.41, 5.74) is 6.62. The van der Waals surface area contributed by atoms with Gasteiger partial charge in [0.25, 0.3) is 11.5 Å². The van der Waals surface area contributed by atoms with Gasteiger partial charge in [-0.15, -0.1) is 10.2 Å². The van der Waals surface area contributed by atoms with Crippen molar-refractivity contribution >= 4 is 34.6 Å². The predicted molar refractivity (Wildman–Crippen MR) is 138 cm³/mol. The minimum absolute atomic E-state index is 0.0264. The lowest BCUT2D eigenvalue weighted by atomic mass is 10.1. The summed E-state index contributed by atoms with van der Waals surface area (Å²) in [5, 5.41) is 22.8. The van der Waals surface area contributed by atoms with Crippen LogP contribution in [-0.4, -0.2) is 57.9 Å². The maximum absolute atomic E-state index is 12.9. The molecule has 0 fully saturated rings. The number of nitrogens with one attached hydrogen (secondary N) is 5. The third-order valence-corrected chi connectivity index (χ3v) is 5.26. The Bertz CT molecular complexity index is 1480. The molecule has 1 aromatic carbocycles. The van der Waals surface area contributed by atoms with E-state index in [0.29, 0.717) is 17.7 Å². The molecule has 0 unspecified atom stereocenters. The normalized spacial score (nSPS) is 12.2. The van der Waals surface area contributed by atoms with Crippen LogP contribution >= 0.6 is 0 Å². The minimum atomic E-state index is -0.607. The van der Waals surface area contributed by atoms with Crippen LogP contribution in [0, 0.1) is 0 Å². The maximum atomic E-state index is 12.9. The zero-order valence-corrected chi connectivity index (χ0v) is 21.1. The first-order chi connectivity index (χ1) is 18.1. The third kappa shape index (κ3) is 6.83. The average molecular weight is 521 g/mol. The summed E-state index contributed by atoms with van der Waals surface area (Å²) in [6, 6.07) is 6.17. The van der Waals surface area contributed by atoms with E-state index in [9.17, 15) is 14.4 Å². The quantitative estimate of drug-likeness (QED) is 0.179. The number of nitrogens with two attached hydrogens (primary N) is 1. The Hall–Kier alpha value is -4.95. The van der Waals surface area contributed by atoms with Crippen LogP contribution in [-0.2, 0) is 11.3 Å². The Morgan fingerprint density at radius 1 is 1.13 bits per heavy atom. The number of carbonyl (C=O) groups excluding carboxylic acids is 2. The van der Waals surface area contributed by atoms with Crippen molar-refractivity contribution < 1.29 is 9.59 Å². The molecule has 0 saturated heterocycles. The van der Waals surface area contributed by atoms with E-state index >= 15 is 0 Å². The molecule has 3 aromatic heterocycles. The van der Waals surface area contributed by atoms with E-state index in [1.165, 1.54) is 6.20 Å². The van der Waals surface area contributed by atoms with Gasteiger partial charge in [0, 0.05) is 23.2 Å². The standard InChI is InChI=1S/C23H28N12O3/c1-23(2,3)31-16(36)9-8-15(18-32-34-35-33-18)28-20(37)12-4-6-13(7-5-12)25-10-14-11-26-19-17(27-14)21(38)30-22(24)29-19/h4-7,11,15,25H,8-10H2,1-3H3,(H,28,37)(H,31,36)(H,32,33,34,35)(H3,24,26,29,30,38)/t15-/m0/s1. The molecule has 2 amide bonds. The number of aromatic amines is 2. The molecule has 198 valence electrons. The monoisotopic (exact) mass is 520 g/mol. The fraction of sp³-hybridized carbons (Fsp3) is 0.348. The lowest BCUT2D eigenvalue weighted by molar-refractivity contribution is -0.122. The number of H-pyrrole nitrogens is 2. The van der Waals surface area contributed by atoms with Crippen LogP contribution in [0.4, 0.5) is 11.6 Å². The summed E-state index contributed by atoms with van der Waals surface area (Å²) in [7, 11) is 0. The highest BCUT2D eigenvalue weighted by atomic mass is 16.2. The second kappa shape index (κ2) is 11.0. The molecular formula is C23H28N12O3. The van der Waals surface area contributed by atoms with E-state index in [0.717, 1.165) is 5.69 Å². The van der Waals surface area contributed by atoms with Crippen molar-refractivity contribution in [3.8, 4) is 0 Å². The van der Waals surface area contributed by atoms with Crippen molar-refractivity contribution in [2.24, 2.45) is 0 Å². The molecule has 0 spiro atoms. The van der Waals surface area contributed by atoms with Crippen molar-refractivity contribution in [1.29, 1.82) is 0 Å². The third-order valence-electron chi connectivity index (χ3n) is 5.26. The lowest BCUT2D eigenvalue weighted by Crippen LogP contribution is -2.41. The number of tetrazole rings is 1. The number of carbonyl (C=O) groups is 2. The highest BCUT2D eigenvalue weighted by molar-refractivity contribution is 5.94. The second-order valence-corrected chi connectivity index (χ2v) is 9.55. The fourth-order valence-electron chi connectivity index (χ4n) is 3.57. The molecule has 0 aliphatic heterocycles. The predicted octanol–water partition coefficient (Wildman–Crippen LogP) is 0.587. The van der Waals surface area contributed by atoms with Crippen molar-refractivity contribution in [2.75, 3.05) is 11.1 Å². The summed E-state index contributed by atoms with van der Waals surface area (Å²) < 4.78 is 0. The number of amides is 2. The molecule has 0 aliphatic rings. The molecular weight excluding hydrogens is 492 g/mol. The molecule has 4 rings (SSSR count). The van der Waals surface area contributed by atoms with Gasteiger partial charge in [0.05, 0.1) is 24.5 Å². The van der Waals surface area contributed by atoms with Crippen LogP contribution in [0.15, 0.2) is 35.3 Å². The van der Waals surface area contributed by atoms with Gasteiger partial charge in [-0.25, -0.2) is 9.97 Å². The number of aromatic nitrogens is 8. The van der Waals surface area contributed by atoms with Crippen molar-refractivity contribution in [1.82, 2.24) is 51.2 Å². The van der Waals surface area contributed by atoms with Crippen LogP contribution in [0.3, 0.4) is 0 Å². The first kappa shape index (κ1) is 26.1. The number of fused-ring (bicyclic) bond motifs is 1. The highest BCUT2D eigenvalue weighted by Gasteiger charge is 2.22. The zero-order chi connectivity index (χ0) is 27.3. The zero-order valence-electron chi connectivity index (χ0n) is 21.1. The number of anilines is 2. The van der Waals surface area contributed by atoms with Gasteiger partial charge >= 0.3 is 0 Å². The van der Waals surface area contributed by atoms with E-state index in [1.807, 2.05) is 20.8 Å². The van der Waals surface area contributed by atoms with Gasteiger partial charge in [0.1, 0.15) is 0 Å². The number of rotatable bonds is 9. The molecule has 0 radical (unpaired) electrons. The van der Waals surface area contributed by atoms with Gasteiger partial charge in [0.15, 0.2) is 17.0 Å². The minimum Gasteiger partial charge on any atom is -0.379 e. The van der Waals surface area contributed by atoms with E-state index in [-0.39, 0.29) is 53.3 Å². The molecule has 0 aliphatic carbocycles. The molecule has 15 nitrogen and oxygen atoms in total. The van der Waals surface area contributed by atoms with Crippen LogP contribution < -0.4 is 27.2 Å². The van der Waals surface area contributed by atoms with Crippen LogP contribution in [0.2, 0.25) is 0 Å². The van der Waals surface area contributed by atoms with Gasteiger partial charge in [-0.2, -0.15) is 10.2 Å². The highest BCUT2D eigenvalue weighted by Crippen LogP contribution is 2.17. The van der Waals surface area contributed by atoms with Crippen LogP contribution in [0.5, 0.6) is 0 Å². The molecule has 1 atom stereocenters. The Kier molecular flexibility index (Phi) is 7.55. The number of hydrogen-bond donors (Lipinski definition) is 6. The number of benzene rings is 1. The molecule has 0 saturated carbocycles. The molecule has 0 bridgehead atoms. The SMILES string of the molecule is CC(C)(C)NC(=O)CC[C@H](NC(=O)c1ccc(NCc2cnc3nc(N)[nH]c(=O)c3n2)cc1)c1nn[nH]n1. The summed E-state index contributed by atoms with van der Waals surface area (Å²) in [4.78, 5) is 52.0. The van der Waals surface area contributed by atoms with Gasteiger partial charge in [-0.1, -0.05) is 5.21 Å². The van der Waals surface area contributed by atoms with Gasteiger partial charge in [-0.3, -0.25) is 19.4 Å². The Balaban J connectivity index is 1.37. The molecule has 38 heavy (non-hydrogen) atoms. The van der Waals surface area contributed by atoms with E-state index in [4.69, 9.17) is 5.73 Å². The molecule has 15 heteroatoms. The maximum Gasteiger partial charge on any atom is 0.280 e. The number of nitrogens with zero attached hydrogens (tertiary/aromatic N) is 6. The number of hydrogen-bond acceptors (Lipinski definition) is 11. The summed E-state index contributed by atoms with van der Waals surface area (Å²) >= 11 is 0. The second-order valence-electron chi connectivity index (χ2n) is 9.55. The first-order valence-corrected chi connectivity index (χ1v) is 11.8.